The lowest BCUT2D eigenvalue weighted by molar-refractivity contribution is 0.0791. The quantitative estimate of drug-likeness (QED) is 0.501. The van der Waals surface area contributed by atoms with Crippen LogP contribution in [0.4, 0.5) is 5.82 Å². The van der Waals surface area contributed by atoms with E-state index in [0.717, 1.165) is 32.9 Å². The van der Waals surface area contributed by atoms with Crippen LogP contribution in [0.2, 0.25) is 5.02 Å². The molecule has 1 atom stereocenters. The third-order valence-electron chi connectivity index (χ3n) is 5.18. The first-order valence-electron chi connectivity index (χ1n) is 9.64. The fourth-order valence-corrected chi connectivity index (χ4v) is 4.84. The number of amides is 1. The van der Waals surface area contributed by atoms with Crippen LogP contribution >= 0.6 is 22.9 Å². The molecule has 1 saturated heterocycles. The monoisotopic (exact) mass is 435 g/mol. The highest BCUT2D eigenvalue weighted by Crippen LogP contribution is 2.36. The molecule has 1 N–H and O–H groups in total. The van der Waals surface area contributed by atoms with Crippen LogP contribution in [0.5, 0.6) is 0 Å². The van der Waals surface area contributed by atoms with Crippen molar-refractivity contribution < 1.29 is 4.79 Å². The van der Waals surface area contributed by atoms with Gasteiger partial charge in [-0.05, 0) is 42.3 Å². The number of carbonyl (C=O) groups excluding carboxylic acids is 1. The first-order chi connectivity index (χ1) is 14.7. The summed E-state index contributed by atoms with van der Waals surface area (Å²) in [6, 6.07) is 13.5. The number of aromatic nitrogens is 3. The molecule has 1 unspecified atom stereocenters. The highest BCUT2D eigenvalue weighted by molar-refractivity contribution is 7.22. The van der Waals surface area contributed by atoms with Gasteiger partial charge in [-0.15, -0.1) is 11.3 Å². The third-order valence-corrected chi connectivity index (χ3v) is 6.62. The molecular weight excluding hydrogens is 418 g/mol. The van der Waals surface area contributed by atoms with Crippen molar-refractivity contribution in [2.45, 2.75) is 12.5 Å². The number of fused-ring (bicyclic) bond motifs is 1. The summed E-state index contributed by atoms with van der Waals surface area (Å²) in [5.74, 6) is 0.851. The summed E-state index contributed by atoms with van der Waals surface area (Å²) >= 11 is 7.66. The van der Waals surface area contributed by atoms with E-state index >= 15 is 0 Å². The van der Waals surface area contributed by atoms with Gasteiger partial charge < -0.3 is 10.2 Å². The smallest absolute Gasteiger partial charge is 0.254 e. The lowest BCUT2D eigenvalue weighted by atomic mass is 10.2. The average Bonchev–Trinajstić information content (AvgIpc) is 3.42. The summed E-state index contributed by atoms with van der Waals surface area (Å²) in [6.45, 7) is 1.36. The van der Waals surface area contributed by atoms with E-state index in [2.05, 4.69) is 26.3 Å². The predicted octanol–water partition coefficient (Wildman–Crippen LogP) is 4.73. The fourth-order valence-electron chi connectivity index (χ4n) is 3.65. The first-order valence-corrected chi connectivity index (χ1v) is 10.8. The van der Waals surface area contributed by atoms with E-state index in [-0.39, 0.29) is 11.9 Å². The van der Waals surface area contributed by atoms with E-state index < -0.39 is 0 Å². The SMILES string of the molecule is O=C(c1ccncc1)N1CCC(Nc2ncnc3cc(-c4ccc(Cl)cc4)sc23)C1. The molecule has 8 heteroatoms. The number of nitrogens with one attached hydrogen (secondary N) is 1. The normalized spacial score (nSPS) is 16.2. The predicted molar refractivity (Wildman–Crippen MR) is 120 cm³/mol. The summed E-state index contributed by atoms with van der Waals surface area (Å²) in [4.78, 5) is 28.5. The first kappa shape index (κ1) is 19.0. The van der Waals surface area contributed by atoms with Crippen molar-refractivity contribution in [3.63, 3.8) is 0 Å². The highest BCUT2D eigenvalue weighted by Gasteiger charge is 2.27. The van der Waals surface area contributed by atoms with Gasteiger partial charge in [-0.1, -0.05) is 23.7 Å². The second kappa shape index (κ2) is 8.01. The molecule has 6 nitrogen and oxygen atoms in total. The minimum absolute atomic E-state index is 0.0377. The van der Waals surface area contributed by atoms with E-state index in [0.29, 0.717) is 23.7 Å². The Labute approximate surface area is 182 Å². The van der Waals surface area contributed by atoms with Crippen molar-refractivity contribution in [1.82, 2.24) is 19.9 Å². The molecule has 30 heavy (non-hydrogen) atoms. The summed E-state index contributed by atoms with van der Waals surface area (Å²) in [7, 11) is 0. The number of hydrogen-bond acceptors (Lipinski definition) is 6. The van der Waals surface area contributed by atoms with Crippen LogP contribution in [-0.2, 0) is 0 Å². The molecular formula is C22H18ClN5OS. The number of benzene rings is 1. The number of thiophene rings is 1. The summed E-state index contributed by atoms with van der Waals surface area (Å²) in [5, 5.41) is 4.24. The minimum Gasteiger partial charge on any atom is -0.364 e. The molecule has 1 aliphatic heterocycles. The van der Waals surface area contributed by atoms with Crippen molar-refractivity contribution in [2.24, 2.45) is 0 Å². The Bertz CT molecular complexity index is 1200. The van der Waals surface area contributed by atoms with Gasteiger partial charge in [-0.25, -0.2) is 9.97 Å². The molecule has 0 aliphatic carbocycles. The van der Waals surface area contributed by atoms with Gasteiger partial charge in [0.15, 0.2) is 0 Å². The van der Waals surface area contributed by atoms with E-state index in [1.807, 2.05) is 29.2 Å². The Kier molecular flexibility index (Phi) is 5.06. The second-order valence-corrected chi connectivity index (χ2v) is 8.66. The van der Waals surface area contributed by atoms with Crippen LogP contribution in [0.3, 0.4) is 0 Å². The van der Waals surface area contributed by atoms with Crippen LogP contribution < -0.4 is 5.32 Å². The van der Waals surface area contributed by atoms with E-state index in [1.54, 1.807) is 42.2 Å². The molecule has 1 aliphatic rings. The Morgan fingerprint density at radius 1 is 1.13 bits per heavy atom. The highest BCUT2D eigenvalue weighted by atomic mass is 35.5. The molecule has 1 amide bonds. The average molecular weight is 436 g/mol. The molecule has 0 radical (unpaired) electrons. The number of pyridine rings is 1. The maximum absolute atomic E-state index is 12.7. The van der Waals surface area contributed by atoms with E-state index in [1.165, 1.54) is 0 Å². The zero-order chi connectivity index (χ0) is 20.5. The number of hydrogen-bond donors (Lipinski definition) is 1. The van der Waals surface area contributed by atoms with Crippen molar-refractivity contribution in [1.29, 1.82) is 0 Å². The zero-order valence-electron chi connectivity index (χ0n) is 16.0. The van der Waals surface area contributed by atoms with Crippen molar-refractivity contribution in [3.8, 4) is 10.4 Å². The van der Waals surface area contributed by atoms with Gasteiger partial charge in [0.05, 0.1) is 10.2 Å². The molecule has 1 fully saturated rings. The maximum Gasteiger partial charge on any atom is 0.254 e. The number of likely N-dealkylation sites (tertiary alicyclic amines) is 1. The number of rotatable bonds is 4. The number of carbonyl (C=O) groups is 1. The van der Waals surface area contributed by atoms with Crippen LogP contribution in [0.15, 0.2) is 61.2 Å². The van der Waals surface area contributed by atoms with Gasteiger partial charge in [-0.2, -0.15) is 0 Å². The van der Waals surface area contributed by atoms with Gasteiger partial charge in [0.1, 0.15) is 12.1 Å². The molecule has 5 rings (SSSR count). The molecule has 4 heterocycles. The van der Waals surface area contributed by atoms with Crippen LogP contribution in [0.1, 0.15) is 16.8 Å². The van der Waals surface area contributed by atoms with Gasteiger partial charge in [0, 0.05) is 47.0 Å². The van der Waals surface area contributed by atoms with E-state index in [9.17, 15) is 4.79 Å². The molecule has 3 aromatic heterocycles. The molecule has 0 saturated carbocycles. The third kappa shape index (κ3) is 3.74. The summed E-state index contributed by atoms with van der Waals surface area (Å²) < 4.78 is 1.02. The summed E-state index contributed by atoms with van der Waals surface area (Å²) in [6.07, 6.45) is 5.74. The number of nitrogens with zero attached hydrogens (tertiary/aromatic N) is 4. The van der Waals surface area contributed by atoms with Crippen molar-refractivity contribution in [2.75, 3.05) is 18.4 Å². The van der Waals surface area contributed by atoms with Crippen molar-refractivity contribution in [3.05, 3.63) is 71.8 Å². The lowest BCUT2D eigenvalue weighted by Crippen LogP contribution is -2.31. The molecule has 4 aromatic rings. The van der Waals surface area contributed by atoms with Gasteiger partial charge >= 0.3 is 0 Å². The van der Waals surface area contributed by atoms with Gasteiger partial charge in [-0.3, -0.25) is 9.78 Å². The molecule has 1 aromatic carbocycles. The zero-order valence-corrected chi connectivity index (χ0v) is 17.5. The minimum atomic E-state index is 0.0377. The molecule has 150 valence electrons. The topological polar surface area (TPSA) is 71.0 Å². The second-order valence-electron chi connectivity index (χ2n) is 7.17. The van der Waals surface area contributed by atoms with E-state index in [4.69, 9.17) is 11.6 Å². The Morgan fingerprint density at radius 2 is 1.93 bits per heavy atom. The van der Waals surface area contributed by atoms with Gasteiger partial charge in [0.2, 0.25) is 0 Å². The molecule has 0 bridgehead atoms. The Balaban J connectivity index is 1.34. The fraction of sp³-hybridized carbons (Fsp3) is 0.182. The van der Waals surface area contributed by atoms with Gasteiger partial charge in [0.25, 0.3) is 5.91 Å². The maximum atomic E-state index is 12.7. The number of anilines is 1. The summed E-state index contributed by atoms with van der Waals surface area (Å²) in [5.41, 5.74) is 2.68. The van der Waals surface area contributed by atoms with Crippen LogP contribution in [0, 0.1) is 0 Å². The van der Waals surface area contributed by atoms with Crippen LogP contribution in [-0.4, -0.2) is 44.9 Å². The standard InChI is InChI=1S/C22H18ClN5OS/c23-16-3-1-14(2-4-16)19-11-18-20(30-19)21(26-13-25-18)27-17-7-10-28(12-17)22(29)15-5-8-24-9-6-15/h1-6,8-9,11,13,17H,7,10,12H2,(H,25,26,27). The Morgan fingerprint density at radius 3 is 2.73 bits per heavy atom. The Hall–Kier alpha value is -3.03. The lowest BCUT2D eigenvalue weighted by Gasteiger charge is -2.17. The largest absolute Gasteiger partial charge is 0.364 e. The van der Waals surface area contributed by atoms with Crippen LogP contribution in [0.25, 0.3) is 20.7 Å². The number of halogens is 1. The van der Waals surface area contributed by atoms with Crippen molar-refractivity contribution >= 4 is 44.9 Å². The molecule has 0 spiro atoms.